The topological polar surface area (TPSA) is 79.5 Å². The van der Waals surface area contributed by atoms with Crippen LogP contribution < -0.4 is 5.32 Å². The normalized spacial score (nSPS) is 18.6. The lowest BCUT2D eigenvalue weighted by atomic mass is 9.90. The van der Waals surface area contributed by atoms with E-state index >= 15 is 0 Å². The average molecular weight is 274 g/mol. The highest BCUT2D eigenvalue weighted by Gasteiger charge is 2.38. The van der Waals surface area contributed by atoms with Gasteiger partial charge >= 0.3 is 5.97 Å². The van der Waals surface area contributed by atoms with E-state index in [-0.39, 0.29) is 0 Å². The first-order valence-electron chi connectivity index (χ1n) is 7.02. The molecule has 1 aliphatic carbocycles. The number of nitrogens with zero attached hydrogens (tertiary/aromatic N) is 3. The van der Waals surface area contributed by atoms with Crippen LogP contribution in [0.1, 0.15) is 38.5 Å². The lowest BCUT2D eigenvalue weighted by molar-refractivity contribution is -0.142. The van der Waals surface area contributed by atoms with Gasteiger partial charge in [0.25, 0.3) is 0 Å². The summed E-state index contributed by atoms with van der Waals surface area (Å²) < 4.78 is 1.66. The van der Waals surface area contributed by atoms with Gasteiger partial charge in [-0.25, -0.2) is 14.3 Å². The molecule has 2 N–H and O–H groups in total. The van der Waals surface area contributed by atoms with Crippen molar-refractivity contribution in [1.82, 2.24) is 14.6 Å². The first-order chi connectivity index (χ1) is 9.70. The lowest BCUT2D eigenvalue weighted by Gasteiger charge is -2.29. The molecule has 1 fully saturated rings. The van der Waals surface area contributed by atoms with Crippen LogP contribution in [0.5, 0.6) is 0 Å². The van der Waals surface area contributed by atoms with Crippen molar-refractivity contribution in [2.75, 3.05) is 5.32 Å². The van der Waals surface area contributed by atoms with Crippen molar-refractivity contribution in [3.8, 4) is 0 Å². The van der Waals surface area contributed by atoms with Crippen LogP contribution in [0.15, 0.2) is 24.5 Å². The first-order valence-corrected chi connectivity index (χ1v) is 7.02. The molecular weight excluding hydrogens is 256 g/mol. The molecule has 2 aromatic heterocycles. The molecule has 2 aromatic rings. The number of carboxylic acids is 1. The fourth-order valence-corrected chi connectivity index (χ4v) is 2.85. The second-order valence-corrected chi connectivity index (χ2v) is 5.37. The summed E-state index contributed by atoms with van der Waals surface area (Å²) in [6, 6.07) is 3.57. The van der Waals surface area contributed by atoms with E-state index in [4.69, 9.17) is 0 Å². The van der Waals surface area contributed by atoms with Gasteiger partial charge in [0.15, 0.2) is 5.65 Å². The Bertz CT molecular complexity index is 614. The van der Waals surface area contributed by atoms with Crippen LogP contribution in [0.2, 0.25) is 0 Å². The Kier molecular flexibility index (Phi) is 3.30. The molecule has 0 atom stereocenters. The predicted molar refractivity (Wildman–Crippen MR) is 74.7 cm³/mol. The third-order valence-electron chi connectivity index (χ3n) is 3.99. The van der Waals surface area contributed by atoms with Gasteiger partial charge < -0.3 is 10.4 Å². The summed E-state index contributed by atoms with van der Waals surface area (Å²) in [5.41, 5.74) is -0.175. The van der Waals surface area contributed by atoms with E-state index in [1.54, 1.807) is 29.0 Å². The van der Waals surface area contributed by atoms with E-state index < -0.39 is 11.5 Å². The quantitative estimate of drug-likeness (QED) is 0.840. The van der Waals surface area contributed by atoms with Crippen molar-refractivity contribution >= 4 is 17.4 Å². The van der Waals surface area contributed by atoms with Crippen LogP contribution in [0.4, 0.5) is 5.82 Å². The Balaban J connectivity index is 1.90. The smallest absolute Gasteiger partial charge is 0.329 e. The molecule has 0 aliphatic heterocycles. The van der Waals surface area contributed by atoms with Gasteiger partial charge in [0.1, 0.15) is 11.4 Å². The number of hydrogen-bond donors (Lipinski definition) is 2. The van der Waals surface area contributed by atoms with E-state index in [9.17, 15) is 9.90 Å². The number of carbonyl (C=O) groups is 1. The van der Waals surface area contributed by atoms with E-state index in [0.717, 1.165) is 25.7 Å². The minimum Gasteiger partial charge on any atom is -0.480 e. The SMILES string of the molecule is O=C(O)C1(Nc2ccn3nccc3n2)CCCCCC1. The Morgan fingerprint density at radius 3 is 2.70 bits per heavy atom. The lowest BCUT2D eigenvalue weighted by Crippen LogP contribution is -2.46. The van der Waals surface area contributed by atoms with Crippen molar-refractivity contribution < 1.29 is 9.90 Å². The summed E-state index contributed by atoms with van der Waals surface area (Å²) in [7, 11) is 0. The molecule has 0 aromatic carbocycles. The number of rotatable bonds is 3. The van der Waals surface area contributed by atoms with E-state index in [1.165, 1.54) is 0 Å². The fourth-order valence-electron chi connectivity index (χ4n) is 2.85. The molecule has 0 spiro atoms. The van der Waals surface area contributed by atoms with Crippen molar-refractivity contribution in [2.24, 2.45) is 0 Å². The van der Waals surface area contributed by atoms with E-state index in [1.807, 2.05) is 0 Å². The van der Waals surface area contributed by atoms with Crippen LogP contribution in [-0.4, -0.2) is 31.2 Å². The third-order valence-corrected chi connectivity index (χ3v) is 3.99. The monoisotopic (exact) mass is 274 g/mol. The van der Waals surface area contributed by atoms with Crippen LogP contribution in [0, 0.1) is 0 Å². The maximum Gasteiger partial charge on any atom is 0.329 e. The minimum atomic E-state index is -0.887. The van der Waals surface area contributed by atoms with Crippen LogP contribution in [-0.2, 0) is 4.79 Å². The zero-order valence-electron chi connectivity index (χ0n) is 11.2. The molecule has 3 rings (SSSR count). The van der Waals surface area contributed by atoms with E-state index in [0.29, 0.717) is 24.3 Å². The van der Waals surface area contributed by atoms with Gasteiger partial charge in [-0.3, -0.25) is 0 Å². The summed E-state index contributed by atoms with van der Waals surface area (Å²) in [6.07, 6.45) is 8.84. The molecule has 0 saturated heterocycles. The maximum atomic E-state index is 11.7. The Hall–Kier alpha value is -2.11. The molecular formula is C14H18N4O2. The summed E-state index contributed by atoms with van der Waals surface area (Å²) in [5, 5.41) is 16.9. The first kappa shape index (κ1) is 12.9. The van der Waals surface area contributed by atoms with Crippen molar-refractivity contribution in [3.05, 3.63) is 24.5 Å². The van der Waals surface area contributed by atoms with Crippen LogP contribution in [0.3, 0.4) is 0 Å². The highest BCUT2D eigenvalue weighted by Crippen LogP contribution is 2.30. The average Bonchev–Trinajstić information content (AvgIpc) is 2.76. The minimum absolute atomic E-state index is 0.599. The van der Waals surface area contributed by atoms with Crippen molar-refractivity contribution in [3.63, 3.8) is 0 Å². The molecule has 0 bridgehead atoms. The molecule has 1 aliphatic rings. The van der Waals surface area contributed by atoms with Gasteiger partial charge in [-0.05, 0) is 18.9 Å². The molecule has 0 unspecified atom stereocenters. The Labute approximate surface area is 116 Å². The number of aliphatic carboxylic acids is 1. The van der Waals surface area contributed by atoms with Gasteiger partial charge in [-0.1, -0.05) is 25.7 Å². The van der Waals surface area contributed by atoms with Crippen LogP contribution in [0.25, 0.3) is 5.65 Å². The molecule has 6 nitrogen and oxygen atoms in total. The standard InChI is InChI=1S/C14H18N4O2/c19-13(20)14(7-3-1-2-4-8-14)17-11-6-10-18-12(16-11)5-9-15-18/h5-6,9-10H,1-4,7-8H2,(H,16,17)(H,19,20). The highest BCUT2D eigenvalue weighted by atomic mass is 16.4. The second kappa shape index (κ2) is 5.11. The molecule has 0 radical (unpaired) electrons. The zero-order valence-corrected chi connectivity index (χ0v) is 11.2. The predicted octanol–water partition coefficient (Wildman–Crippen LogP) is 2.32. The van der Waals surface area contributed by atoms with Gasteiger partial charge in [0, 0.05) is 12.3 Å². The number of fused-ring (bicyclic) bond motifs is 1. The number of carboxylic acid groups (broad SMARTS) is 1. The highest BCUT2D eigenvalue weighted by molar-refractivity contribution is 5.82. The van der Waals surface area contributed by atoms with E-state index in [2.05, 4.69) is 15.4 Å². The fraction of sp³-hybridized carbons (Fsp3) is 0.500. The van der Waals surface area contributed by atoms with Crippen molar-refractivity contribution in [1.29, 1.82) is 0 Å². The summed E-state index contributed by atoms with van der Waals surface area (Å²) in [4.78, 5) is 16.2. The Morgan fingerprint density at radius 1 is 1.25 bits per heavy atom. The number of nitrogens with one attached hydrogen (secondary N) is 1. The third kappa shape index (κ3) is 2.33. The van der Waals surface area contributed by atoms with Crippen LogP contribution >= 0.6 is 0 Å². The number of anilines is 1. The van der Waals surface area contributed by atoms with Gasteiger partial charge in [0.2, 0.25) is 0 Å². The largest absolute Gasteiger partial charge is 0.480 e. The van der Waals surface area contributed by atoms with Gasteiger partial charge in [0.05, 0.1) is 6.20 Å². The molecule has 0 amide bonds. The maximum absolute atomic E-state index is 11.7. The van der Waals surface area contributed by atoms with Gasteiger partial charge in [-0.15, -0.1) is 0 Å². The Morgan fingerprint density at radius 2 is 2.00 bits per heavy atom. The summed E-state index contributed by atoms with van der Waals surface area (Å²) in [6.45, 7) is 0. The molecule has 2 heterocycles. The van der Waals surface area contributed by atoms with Crippen molar-refractivity contribution in [2.45, 2.75) is 44.1 Å². The number of hydrogen-bond acceptors (Lipinski definition) is 4. The molecule has 1 saturated carbocycles. The zero-order chi connectivity index (χ0) is 14.0. The summed E-state index contributed by atoms with van der Waals surface area (Å²) >= 11 is 0. The van der Waals surface area contributed by atoms with Gasteiger partial charge in [-0.2, -0.15) is 5.10 Å². The molecule has 20 heavy (non-hydrogen) atoms. The molecule has 6 heteroatoms. The number of aromatic nitrogens is 3. The summed E-state index contributed by atoms with van der Waals surface area (Å²) in [5.74, 6) is -0.183. The second-order valence-electron chi connectivity index (χ2n) is 5.37. The molecule has 106 valence electrons.